The average molecular weight is 411 g/mol. The SMILES string of the molecule is COc1ccccc1NS(=O)(=O)c1cc(C(=O)N2CCOCC2)ccc1Cl. The molecule has 0 radical (unpaired) electrons. The Kier molecular flexibility index (Phi) is 5.88. The molecule has 1 fully saturated rings. The number of nitrogens with zero attached hydrogens (tertiary/aromatic N) is 1. The van der Waals surface area contributed by atoms with Crippen molar-refractivity contribution in [2.45, 2.75) is 4.90 Å². The van der Waals surface area contributed by atoms with Crippen molar-refractivity contribution >= 4 is 33.2 Å². The maximum atomic E-state index is 12.8. The number of ether oxygens (including phenoxy) is 2. The molecule has 27 heavy (non-hydrogen) atoms. The summed E-state index contributed by atoms with van der Waals surface area (Å²) in [6.07, 6.45) is 0. The van der Waals surface area contributed by atoms with Crippen LogP contribution in [0, 0.1) is 0 Å². The highest BCUT2D eigenvalue weighted by Crippen LogP contribution is 2.29. The number of para-hydroxylation sites is 2. The molecule has 0 atom stereocenters. The van der Waals surface area contributed by atoms with Gasteiger partial charge in [-0.1, -0.05) is 23.7 Å². The number of carbonyl (C=O) groups excluding carboxylic acids is 1. The van der Waals surface area contributed by atoms with Gasteiger partial charge < -0.3 is 14.4 Å². The molecule has 144 valence electrons. The van der Waals surface area contributed by atoms with E-state index in [1.54, 1.807) is 29.2 Å². The predicted octanol–water partition coefficient (Wildman–Crippen LogP) is 2.62. The van der Waals surface area contributed by atoms with Crippen molar-refractivity contribution in [2.75, 3.05) is 38.1 Å². The van der Waals surface area contributed by atoms with Crippen LogP contribution in [0.5, 0.6) is 5.75 Å². The number of rotatable bonds is 5. The summed E-state index contributed by atoms with van der Waals surface area (Å²) < 4.78 is 38.6. The van der Waals surface area contributed by atoms with E-state index in [1.807, 2.05) is 0 Å². The lowest BCUT2D eigenvalue weighted by Gasteiger charge is -2.27. The number of anilines is 1. The minimum atomic E-state index is -4.02. The number of hydrogen-bond donors (Lipinski definition) is 1. The molecular weight excluding hydrogens is 392 g/mol. The Morgan fingerprint density at radius 2 is 1.89 bits per heavy atom. The predicted molar refractivity (Wildman–Crippen MR) is 102 cm³/mol. The fourth-order valence-corrected chi connectivity index (χ4v) is 4.32. The summed E-state index contributed by atoms with van der Waals surface area (Å²) in [4.78, 5) is 14.1. The Balaban J connectivity index is 1.92. The van der Waals surface area contributed by atoms with Gasteiger partial charge in [-0.25, -0.2) is 8.42 Å². The van der Waals surface area contributed by atoms with E-state index in [9.17, 15) is 13.2 Å². The Morgan fingerprint density at radius 3 is 2.59 bits per heavy atom. The first kappa shape index (κ1) is 19.5. The summed E-state index contributed by atoms with van der Waals surface area (Å²) in [6, 6.07) is 10.8. The zero-order chi connectivity index (χ0) is 19.4. The summed E-state index contributed by atoms with van der Waals surface area (Å²) in [5.74, 6) is 0.112. The molecule has 1 N–H and O–H groups in total. The number of benzene rings is 2. The van der Waals surface area contributed by atoms with Crippen molar-refractivity contribution in [2.24, 2.45) is 0 Å². The van der Waals surface area contributed by atoms with Gasteiger partial charge in [-0.05, 0) is 30.3 Å². The van der Waals surface area contributed by atoms with Gasteiger partial charge in [0.25, 0.3) is 15.9 Å². The van der Waals surface area contributed by atoms with E-state index in [-0.39, 0.29) is 27.1 Å². The molecule has 0 aliphatic carbocycles. The second kappa shape index (κ2) is 8.16. The standard InChI is InChI=1S/C18H19ClN2O5S/c1-25-16-5-3-2-4-15(16)20-27(23,24)17-12-13(6-7-14(17)19)18(22)21-8-10-26-11-9-21/h2-7,12,20H,8-11H2,1H3. The van der Waals surface area contributed by atoms with Crippen LogP contribution < -0.4 is 9.46 Å². The third-order valence-electron chi connectivity index (χ3n) is 4.12. The van der Waals surface area contributed by atoms with Crippen molar-refractivity contribution in [3.05, 3.63) is 53.1 Å². The monoisotopic (exact) mass is 410 g/mol. The van der Waals surface area contributed by atoms with Gasteiger partial charge in [0, 0.05) is 18.7 Å². The summed E-state index contributed by atoms with van der Waals surface area (Å²) in [5, 5.41) is 0.0240. The number of sulfonamides is 1. The van der Waals surface area contributed by atoms with Gasteiger partial charge in [0.15, 0.2) is 0 Å². The van der Waals surface area contributed by atoms with E-state index in [1.165, 1.54) is 25.3 Å². The van der Waals surface area contributed by atoms with Gasteiger partial charge in [0.1, 0.15) is 10.6 Å². The largest absolute Gasteiger partial charge is 0.495 e. The van der Waals surface area contributed by atoms with E-state index in [4.69, 9.17) is 21.1 Å². The van der Waals surface area contributed by atoms with Crippen LogP contribution in [0.15, 0.2) is 47.4 Å². The van der Waals surface area contributed by atoms with Crippen molar-refractivity contribution in [1.29, 1.82) is 0 Å². The van der Waals surface area contributed by atoms with E-state index >= 15 is 0 Å². The van der Waals surface area contributed by atoms with Crippen LogP contribution in [0.4, 0.5) is 5.69 Å². The minimum absolute atomic E-state index is 0.0240. The Hall–Kier alpha value is -2.29. The average Bonchev–Trinajstić information content (AvgIpc) is 2.68. The molecule has 9 heteroatoms. The maximum Gasteiger partial charge on any atom is 0.263 e. The van der Waals surface area contributed by atoms with Crippen LogP contribution in [0.2, 0.25) is 5.02 Å². The zero-order valence-corrected chi connectivity index (χ0v) is 16.2. The van der Waals surface area contributed by atoms with Crippen LogP contribution in [0.25, 0.3) is 0 Å². The van der Waals surface area contributed by atoms with Gasteiger partial charge in [-0.2, -0.15) is 0 Å². The summed E-state index contributed by atoms with van der Waals surface area (Å²) in [5.41, 5.74) is 0.530. The van der Waals surface area contributed by atoms with Crippen molar-refractivity contribution in [3.8, 4) is 5.75 Å². The van der Waals surface area contributed by atoms with E-state index in [0.29, 0.717) is 32.1 Å². The number of halogens is 1. The second-order valence-corrected chi connectivity index (χ2v) is 7.91. The van der Waals surface area contributed by atoms with Crippen LogP contribution >= 0.6 is 11.6 Å². The molecule has 0 spiro atoms. The fourth-order valence-electron chi connectivity index (χ4n) is 2.72. The first-order valence-corrected chi connectivity index (χ1v) is 10.1. The number of hydrogen-bond acceptors (Lipinski definition) is 5. The zero-order valence-electron chi connectivity index (χ0n) is 14.6. The fraction of sp³-hybridized carbons (Fsp3) is 0.278. The van der Waals surface area contributed by atoms with Gasteiger partial charge in [0.2, 0.25) is 0 Å². The highest BCUT2D eigenvalue weighted by Gasteiger charge is 2.24. The number of amides is 1. The number of nitrogens with one attached hydrogen (secondary N) is 1. The highest BCUT2D eigenvalue weighted by atomic mass is 35.5. The third-order valence-corrected chi connectivity index (χ3v) is 5.96. The molecule has 1 saturated heterocycles. The maximum absolute atomic E-state index is 12.8. The van der Waals surface area contributed by atoms with Gasteiger partial charge >= 0.3 is 0 Å². The topological polar surface area (TPSA) is 84.9 Å². The highest BCUT2D eigenvalue weighted by molar-refractivity contribution is 7.92. The quantitative estimate of drug-likeness (QED) is 0.819. The van der Waals surface area contributed by atoms with Crippen molar-refractivity contribution in [3.63, 3.8) is 0 Å². The van der Waals surface area contributed by atoms with Crippen LogP contribution in [0.1, 0.15) is 10.4 Å². The molecule has 0 unspecified atom stereocenters. The number of carbonyl (C=O) groups is 1. The molecule has 0 saturated carbocycles. The van der Waals surface area contributed by atoms with Crippen LogP contribution in [-0.2, 0) is 14.8 Å². The van der Waals surface area contributed by atoms with Gasteiger partial charge in [0.05, 0.1) is 31.0 Å². The number of methoxy groups -OCH3 is 1. The first-order chi connectivity index (χ1) is 12.9. The molecule has 1 heterocycles. The van der Waals surface area contributed by atoms with Crippen molar-refractivity contribution in [1.82, 2.24) is 4.90 Å². The molecule has 2 aromatic rings. The summed E-state index contributed by atoms with van der Waals surface area (Å²) in [7, 11) is -2.57. The van der Waals surface area contributed by atoms with Crippen LogP contribution in [-0.4, -0.2) is 52.6 Å². The smallest absolute Gasteiger partial charge is 0.263 e. The molecule has 0 aromatic heterocycles. The Labute approximate surface area is 162 Å². The second-order valence-electron chi connectivity index (χ2n) is 5.86. The lowest BCUT2D eigenvalue weighted by atomic mass is 10.2. The summed E-state index contributed by atoms with van der Waals surface area (Å²) >= 11 is 6.12. The molecule has 7 nitrogen and oxygen atoms in total. The van der Waals surface area contributed by atoms with E-state index in [0.717, 1.165) is 0 Å². The Morgan fingerprint density at radius 1 is 1.19 bits per heavy atom. The molecule has 0 bridgehead atoms. The van der Waals surface area contributed by atoms with E-state index < -0.39 is 10.0 Å². The summed E-state index contributed by atoms with van der Waals surface area (Å²) in [6.45, 7) is 1.84. The molecule has 1 amide bonds. The number of morpholine rings is 1. The minimum Gasteiger partial charge on any atom is -0.495 e. The molecule has 2 aromatic carbocycles. The molecule has 1 aliphatic heterocycles. The molecule has 3 rings (SSSR count). The van der Waals surface area contributed by atoms with Crippen LogP contribution in [0.3, 0.4) is 0 Å². The normalized spacial score (nSPS) is 14.7. The van der Waals surface area contributed by atoms with E-state index in [2.05, 4.69) is 4.72 Å². The first-order valence-electron chi connectivity index (χ1n) is 8.25. The molecule has 1 aliphatic rings. The lowest BCUT2D eigenvalue weighted by Crippen LogP contribution is -2.40. The Bertz CT molecular complexity index is 943. The van der Waals surface area contributed by atoms with Gasteiger partial charge in [-0.3, -0.25) is 9.52 Å². The van der Waals surface area contributed by atoms with Gasteiger partial charge in [-0.15, -0.1) is 0 Å². The third kappa shape index (κ3) is 4.35. The van der Waals surface area contributed by atoms with Crippen molar-refractivity contribution < 1.29 is 22.7 Å². The lowest BCUT2D eigenvalue weighted by molar-refractivity contribution is 0.0302. The molecular formula is C18H19ClN2O5S.